The smallest absolute Gasteiger partial charge is 0.257 e. The molecule has 19 heavy (non-hydrogen) atoms. The van der Waals surface area contributed by atoms with E-state index < -0.39 is 6.10 Å². The Morgan fingerprint density at radius 1 is 1.58 bits per heavy atom. The van der Waals surface area contributed by atoms with Crippen molar-refractivity contribution in [2.24, 2.45) is 0 Å². The SMILES string of the molecule is C=C(C)CN(CC)c1cc2c(cc1Br)C(O)C(=O)N2. The van der Waals surface area contributed by atoms with Gasteiger partial charge in [0.2, 0.25) is 0 Å². The third-order valence-corrected chi connectivity index (χ3v) is 3.74. The topological polar surface area (TPSA) is 52.6 Å². The van der Waals surface area contributed by atoms with Gasteiger partial charge in [0.1, 0.15) is 0 Å². The number of rotatable bonds is 4. The molecule has 0 bridgehead atoms. The van der Waals surface area contributed by atoms with Crippen molar-refractivity contribution < 1.29 is 9.90 Å². The van der Waals surface area contributed by atoms with Gasteiger partial charge >= 0.3 is 0 Å². The van der Waals surface area contributed by atoms with Crippen molar-refractivity contribution in [1.82, 2.24) is 0 Å². The molecule has 1 aliphatic heterocycles. The molecule has 5 heteroatoms. The lowest BCUT2D eigenvalue weighted by Crippen LogP contribution is -2.24. The largest absolute Gasteiger partial charge is 0.378 e. The molecule has 1 amide bonds. The van der Waals surface area contributed by atoms with Crippen LogP contribution in [0.2, 0.25) is 0 Å². The van der Waals surface area contributed by atoms with E-state index in [0.717, 1.165) is 28.8 Å². The highest BCUT2D eigenvalue weighted by atomic mass is 79.9. The fraction of sp³-hybridized carbons (Fsp3) is 0.357. The first-order valence-electron chi connectivity index (χ1n) is 6.15. The second kappa shape index (κ2) is 5.35. The molecule has 102 valence electrons. The van der Waals surface area contributed by atoms with Crippen LogP contribution in [0.4, 0.5) is 11.4 Å². The Labute approximate surface area is 121 Å². The molecule has 1 aliphatic rings. The number of hydrogen-bond donors (Lipinski definition) is 2. The quantitative estimate of drug-likeness (QED) is 0.837. The summed E-state index contributed by atoms with van der Waals surface area (Å²) in [5.74, 6) is -0.373. The van der Waals surface area contributed by atoms with Crippen molar-refractivity contribution in [3.63, 3.8) is 0 Å². The second-order valence-corrected chi connectivity index (χ2v) is 5.61. The van der Waals surface area contributed by atoms with E-state index in [-0.39, 0.29) is 5.91 Å². The van der Waals surface area contributed by atoms with Crippen LogP contribution in [0, 0.1) is 0 Å². The standard InChI is InChI=1S/C14H17BrN2O2/c1-4-17(7-8(2)3)12-6-11-9(5-10(12)15)13(18)14(19)16-11/h5-6,13,18H,2,4,7H2,1,3H3,(H,16,19). The zero-order chi connectivity index (χ0) is 14.2. The highest BCUT2D eigenvalue weighted by Crippen LogP contribution is 2.39. The average Bonchev–Trinajstić information content (AvgIpc) is 2.62. The van der Waals surface area contributed by atoms with E-state index in [9.17, 15) is 9.90 Å². The van der Waals surface area contributed by atoms with E-state index in [1.54, 1.807) is 6.07 Å². The van der Waals surface area contributed by atoms with Gasteiger partial charge in [-0.15, -0.1) is 0 Å². The molecule has 0 spiro atoms. The van der Waals surface area contributed by atoms with Gasteiger partial charge in [0.25, 0.3) is 5.91 Å². The van der Waals surface area contributed by atoms with Gasteiger partial charge in [-0.05, 0) is 41.9 Å². The number of fused-ring (bicyclic) bond motifs is 1. The van der Waals surface area contributed by atoms with Crippen LogP contribution in [0.5, 0.6) is 0 Å². The van der Waals surface area contributed by atoms with Crippen molar-refractivity contribution >= 4 is 33.2 Å². The monoisotopic (exact) mass is 324 g/mol. The van der Waals surface area contributed by atoms with E-state index in [0.29, 0.717) is 11.3 Å². The summed E-state index contributed by atoms with van der Waals surface area (Å²) in [4.78, 5) is 13.6. The van der Waals surface area contributed by atoms with Crippen molar-refractivity contribution in [3.8, 4) is 0 Å². The van der Waals surface area contributed by atoms with Gasteiger partial charge in [-0.25, -0.2) is 0 Å². The molecule has 2 rings (SSSR count). The summed E-state index contributed by atoms with van der Waals surface area (Å²) < 4.78 is 0.866. The number of aliphatic hydroxyl groups is 1. The number of aliphatic hydroxyl groups excluding tert-OH is 1. The molecule has 0 aliphatic carbocycles. The minimum Gasteiger partial charge on any atom is -0.378 e. The van der Waals surface area contributed by atoms with Crippen LogP contribution in [-0.2, 0) is 4.79 Å². The number of halogens is 1. The van der Waals surface area contributed by atoms with E-state index in [2.05, 4.69) is 39.6 Å². The van der Waals surface area contributed by atoms with Gasteiger partial charge in [-0.1, -0.05) is 12.2 Å². The molecule has 0 saturated heterocycles. The molecule has 1 heterocycles. The van der Waals surface area contributed by atoms with Crippen LogP contribution in [0.3, 0.4) is 0 Å². The summed E-state index contributed by atoms with van der Waals surface area (Å²) in [5.41, 5.74) is 3.35. The summed E-state index contributed by atoms with van der Waals surface area (Å²) >= 11 is 3.51. The highest BCUT2D eigenvalue weighted by Gasteiger charge is 2.30. The molecular weight excluding hydrogens is 308 g/mol. The van der Waals surface area contributed by atoms with Gasteiger partial charge in [-0.2, -0.15) is 0 Å². The van der Waals surface area contributed by atoms with Crippen LogP contribution in [0.1, 0.15) is 25.5 Å². The molecule has 1 aromatic rings. The lowest BCUT2D eigenvalue weighted by Gasteiger charge is -2.25. The first kappa shape index (κ1) is 14.1. The lowest BCUT2D eigenvalue weighted by atomic mass is 10.1. The maximum absolute atomic E-state index is 11.5. The normalized spacial score (nSPS) is 17.1. The van der Waals surface area contributed by atoms with E-state index in [1.807, 2.05) is 13.0 Å². The van der Waals surface area contributed by atoms with Gasteiger partial charge < -0.3 is 15.3 Å². The van der Waals surface area contributed by atoms with Crippen LogP contribution in [-0.4, -0.2) is 24.1 Å². The number of nitrogens with one attached hydrogen (secondary N) is 1. The second-order valence-electron chi connectivity index (χ2n) is 4.75. The zero-order valence-electron chi connectivity index (χ0n) is 11.0. The minimum atomic E-state index is -1.07. The third-order valence-electron chi connectivity index (χ3n) is 3.10. The molecule has 0 fully saturated rings. The van der Waals surface area contributed by atoms with E-state index in [4.69, 9.17) is 0 Å². The number of nitrogens with zero attached hydrogens (tertiary/aromatic N) is 1. The Hall–Kier alpha value is -1.33. The van der Waals surface area contributed by atoms with Crippen molar-refractivity contribution in [2.75, 3.05) is 23.3 Å². The number of likely N-dealkylation sites (N-methyl/N-ethyl adjacent to an activating group) is 1. The molecular formula is C14H17BrN2O2. The maximum Gasteiger partial charge on any atom is 0.257 e. The van der Waals surface area contributed by atoms with Crippen LogP contribution >= 0.6 is 15.9 Å². The predicted molar refractivity (Wildman–Crippen MR) is 80.4 cm³/mol. The number of anilines is 2. The number of benzene rings is 1. The molecule has 0 saturated carbocycles. The Morgan fingerprint density at radius 2 is 2.26 bits per heavy atom. The molecule has 1 unspecified atom stereocenters. The highest BCUT2D eigenvalue weighted by molar-refractivity contribution is 9.10. The fourth-order valence-corrected chi connectivity index (χ4v) is 2.80. The number of hydrogen-bond acceptors (Lipinski definition) is 3. The molecule has 0 radical (unpaired) electrons. The Kier molecular flexibility index (Phi) is 3.96. The van der Waals surface area contributed by atoms with Gasteiger partial charge in [0.15, 0.2) is 6.10 Å². The summed E-state index contributed by atoms with van der Waals surface area (Å²) in [7, 11) is 0. The van der Waals surface area contributed by atoms with Crippen LogP contribution < -0.4 is 10.2 Å². The van der Waals surface area contributed by atoms with Crippen molar-refractivity contribution in [1.29, 1.82) is 0 Å². The molecule has 1 aromatic carbocycles. The Bertz CT molecular complexity index is 542. The molecule has 4 nitrogen and oxygen atoms in total. The van der Waals surface area contributed by atoms with E-state index in [1.165, 1.54) is 0 Å². The fourth-order valence-electron chi connectivity index (χ4n) is 2.19. The van der Waals surface area contributed by atoms with E-state index >= 15 is 0 Å². The number of amides is 1. The Balaban J connectivity index is 2.41. The maximum atomic E-state index is 11.5. The number of carbonyl (C=O) groups excluding carboxylic acids is 1. The molecule has 1 atom stereocenters. The van der Waals surface area contributed by atoms with Crippen LogP contribution in [0.15, 0.2) is 28.8 Å². The Morgan fingerprint density at radius 3 is 2.84 bits per heavy atom. The molecule has 0 aromatic heterocycles. The summed E-state index contributed by atoms with van der Waals surface area (Å²) in [5, 5.41) is 12.4. The third kappa shape index (κ3) is 2.67. The first-order chi connectivity index (χ1) is 8.93. The van der Waals surface area contributed by atoms with Crippen molar-refractivity contribution in [3.05, 3.63) is 34.3 Å². The van der Waals surface area contributed by atoms with Crippen molar-refractivity contribution in [2.45, 2.75) is 20.0 Å². The lowest BCUT2D eigenvalue weighted by molar-refractivity contribution is -0.123. The average molecular weight is 325 g/mol. The molecule has 2 N–H and O–H groups in total. The first-order valence-corrected chi connectivity index (χ1v) is 6.95. The minimum absolute atomic E-state index is 0.373. The van der Waals surface area contributed by atoms with Gasteiger partial charge in [-0.3, -0.25) is 4.79 Å². The summed E-state index contributed by atoms with van der Waals surface area (Å²) in [6.45, 7) is 9.56. The van der Waals surface area contributed by atoms with Gasteiger partial charge in [0, 0.05) is 28.8 Å². The number of carbonyl (C=O) groups is 1. The predicted octanol–water partition coefficient (Wildman–Crippen LogP) is 2.84. The zero-order valence-corrected chi connectivity index (χ0v) is 12.6. The summed E-state index contributed by atoms with van der Waals surface area (Å²) in [6.07, 6.45) is -1.07. The van der Waals surface area contributed by atoms with Gasteiger partial charge in [0.05, 0.1) is 5.69 Å². The van der Waals surface area contributed by atoms with Crippen LogP contribution in [0.25, 0.3) is 0 Å². The summed E-state index contributed by atoms with van der Waals surface area (Å²) in [6, 6.07) is 3.69.